The lowest BCUT2D eigenvalue weighted by Gasteiger charge is -2.09. The van der Waals surface area contributed by atoms with Crippen molar-refractivity contribution >= 4 is 50.7 Å². The van der Waals surface area contributed by atoms with Gasteiger partial charge < -0.3 is 10.1 Å². The summed E-state index contributed by atoms with van der Waals surface area (Å²) in [6.07, 6.45) is 3.23. The molecule has 0 bridgehead atoms. The molecule has 0 saturated carbocycles. The van der Waals surface area contributed by atoms with Crippen LogP contribution in [0.25, 0.3) is 16.2 Å². The van der Waals surface area contributed by atoms with E-state index in [1.165, 1.54) is 6.08 Å². The highest BCUT2D eigenvalue weighted by molar-refractivity contribution is 7.20. The highest BCUT2D eigenvalue weighted by atomic mass is 35.5. The van der Waals surface area contributed by atoms with E-state index >= 15 is 0 Å². The molecule has 3 aromatic rings. The van der Waals surface area contributed by atoms with Gasteiger partial charge in [0, 0.05) is 21.0 Å². The third-order valence-electron chi connectivity index (χ3n) is 3.56. The molecular formula is C19H16ClNO2S. The van der Waals surface area contributed by atoms with Gasteiger partial charge in [0.15, 0.2) is 0 Å². The van der Waals surface area contributed by atoms with Crippen LogP contribution in [0.15, 0.2) is 48.5 Å². The number of nitrogens with one attached hydrogen (secondary N) is 1. The predicted octanol–water partition coefficient (Wildman–Crippen LogP) is 5.52. The molecule has 1 aromatic heterocycles. The Labute approximate surface area is 149 Å². The Morgan fingerprint density at radius 1 is 1.25 bits per heavy atom. The molecule has 3 rings (SSSR count). The first-order chi connectivity index (χ1) is 11.6. The molecule has 24 heavy (non-hydrogen) atoms. The third kappa shape index (κ3) is 3.45. The molecule has 0 unspecified atom stereocenters. The van der Waals surface area contributed by atoms with Gasteiger partial charge in [-0.3, -0.25) is 4.79 Å². The number of halogens is 1. The molecule has 0 aliphatic heterocycles. The van der Waals surface area contributed by atoms with Crippen molar-refractivity contribution < 1.29 is 9.53 Å². The molecule has 3 nitrogen and oxygen atoms in total. The minimum atomic E-state index is -0.229. The van der Waals surface area contributed by atoms with Gasteiger partial charge in [-0.25, -0.2) is 0 Å². The zero-order chi connectivity index (χ0) is 17.1. The van der Waals surface area contributed by atoms with E-state index in [1.807, 2.05) is 49.4 Å². The largest absolute Gasteiger partial charge is 0.495 e. The Bertz CT molecular complexity index is 930. The van der Waals surface area contributed by atoms with E-state index in [4.69, 9.17) is 16.3 Å². The Kier molecular flexibility index (Phi) is 4.88. The van der Waals surface area contributed by atoms with Crippen molar-refractivity contribution in [1.29, 1.82) is 0 Å². The number of anilines is 1. The lowest BCUT2D eigenvalue weighted by Crippen LogP contribution is -2.09. The minimum Gasteiger partial charge on any atom is -0.495 e. The lowest BCUT2D eigenvalue weighted by molar-refractivity contribution is -0.111. The van der Waals surface area contributed by atoms with Gasteiger partial charge in [0.1, 0.15) is 5.75 Å². The number of hydrogen-bond acceptors (Lipinski definition) is 3. The smallest absolute Gasteiger partial charge is 0.248 e. The second-order valence-corrected chi connectivity index (χ2v) is 6.76. The van der Waals surface area contributed by atoms with E-state index < -0.39 is 0 Å². The Morgan fingerprint density at radius 2 is 2.04 bits per heavy atom. The highest BCUT2D eigenvalue weighted by Gasteiger charge is 2.09. The first kappa shape index (κ1) is 16.6. The number of ether oxygens (including phenoxy) is 1. The minimum absolute atomic E-state index is 0.229. The highest BCUT2D eigenvalue weighted by Crippen LogP contribution is 2.36. The number of carbonyl (C=O) groups is 1. The van der Waals surface area contributed by atoms with Crippen molar-refractivity contribution in [3.05, 3.63) is 64.0 Å². The van der Waals surface area contributed by atoms with E-state index in [0.717, 1.165) is 20.5 Å². The summed E-state index contributed by atoms with van der Waals surface area (Å²) in [6.45, 7) is 1.96. The van der Waals surface area contributed by atoms with Crippen molar-refractivity contribution in [3.8, 4) is 5.75 Å². The number of thiophene rings is 1. The number of aryl methyl sites for hydroxylation is 1. The van der Waals surface area contributed by atoms with Crippen LogP contribution in [0, 0.1) is 6.92 Å². The summed E-state index contributed by atoms with van der Waals surface area (Å²) >= 11 is 7.94. The van der Waals surface area contributed by atoms with E-state index in [2.05, 4.69) is 5.32 Å². The Balaban J connectivity index is 1.80. The topological polar surface area (TPSA) is 38.3 Å². The average molecular weight is 358 g/mol. The summed E-state index contributed by atoms with van der Waals surface area (Å²) < 4.78 is 6.37. The Morgan fingerprint density at radius 3 is 2.79 bits per heavy atom. The second-order valence-electron chi connectivity index (χ2n) is 5.30. The quantitative estimate of drug-likeness (QED) is 0.624. The summed E-state index contributed by atoms with van der Waals surface area (Å²) in [5.41, 5.74) is 1.69. The van der Waals surface area contributed by atoms with Crippen molar-refractivity contribution in [3.63, 3.8) is 0 Å². The van der Waals surface area contributed by atoms with E-state index in [0.29, 0.717) is 16.5 Å². The van der Waals surface area contributed by atoms with Gasteiger partial charge >= 0.3 is 0 Å². The number of rotatable bonds is 4. The van der Waals surface area contributed by atoms with Crippen LogP contribution in [0.1, 0.15) is 10.4 Å². The summed E-state index contributed by atoms with van der Waals surface area (Å²) in [7, 11) is 1.58. The van der Waals surface area contributed by atoms with Crippen LogP contribution in [0.3, 0.4) is 0 Å². The van der Waals surface area contributed by atoms with Crippen molar-refractivity contribution in [1.82, 2.24) is 0 Å². The molecular weight excluding hydrogens is 342 g/mol. The SMILES string of the molecule is COc1ccc(C)cc1NC(=O)/C=C/c1sc2ccccc2c1Cl. The monoisotopic (exact) mass is 357 g/mol. The summed E-state index contributed by atoms with van der Waals surface area (Å²) in [6, 6.07) is 13.5. The Hall–Kier alpha value is -2.30. The molecule has 2 aromatic carbocycles. The number of amides is 1. The van der Waals surface area contributed by atoms with Gasteiger partial charge in [-0.1, -0.05) is 35.9 Å². The maximum absolute atomic E-state index is 12.2. The maximum atomic E-state index is 12.2. The number of carbonyl (C=O) groups excluding carboxylic acids is 1. The van der Waals surface area contributed by atoms with Gasteiger partial charge in [-0.15, -0.1) is 11.3 Å². The lowest BCUT2D eigenvalue weighted by atomic mass is 10.2. The van der Waals surface area contributed by atoms with E-state index in [1.54, 1.807) is 24.5 Å². The standard InChI is InChI=1S/C19H16ClNO2S/c1-12-7-8-15(23-2)14(11-12)21-18(22)10-9-17-19(20)13-5-3-4-6-16(13)24-17/h3-11H,1-2H3,(H,21,22)/b10-9+. The molecule has 1 amide bonds. The maximum Gasteiger partial charge on any atom is 0.248 e. The molecule has 0 aliphatic rings. The van der Waals surface area contributed by atoms with Gasteiger partial charge in [-0.2, -0.15) is 0 Å². The summed E-state index contributed by atoms with van der Waals surface area (Å²) in [4.78, 5) is 13.1. The van der Waals surface area contributed by atoms with Crippen LogP contribution in [-0.2, 0) is 4.79 Å². The zero-order valence-corrected chi connectivity index (χ0v) is 14.9. The molecule has 0 fully saturated rings. The fourth-order valence-corrected chi connectivity index (χ4v) is 3.78. The molecule has 5 heteroatoms. The number of methoxy groups -OCH3 is 1. The predicted molar refractivity (Wildman–Crippen MR) is 102 cm³/mol. The molecule has 0 aliphatic carbocycles. The van der Waals surface area contributed by atoms with Gasteiger partial charge in [0.25, 0.3) is 0 Å². The average Bonchev–Trinajstić information content (AvgIpc) is 2.90. The summed E-state index contributed by atoms with van der Waals surface area (Å²) in [5, 5.41) is 4.51. The fourth-order valence-electron chi connectivity index (χ4n) is 2.39. The van der Waals surface area contributed by atoms with Crippen LogP contribution >= 0.6 is 22.9 Å². The molecule has 0 spiro atoms. The number of fused-ring (bicyclic) bond motifs is 1. The first-order valence-electron chi connectivity index (χ1n) is 7.39. The zero-order valence-electron chi connectivity index (χ0n) is 13.3. The molecule has 0 radical (unpaired) electrons. The van der Waals surface area contributed by atoms with Crippen molar-refractivity contribution in [2.24, 2.45) is 0 Å². The van der Waals surface area contributed by atoms with Crippen molar-refractivity contribution in [2.45, 2.75) is 6.92 Å². The van der Waals surface area contributed by atoms with Gasteiger partial charge in [-0.05, 0) is 36.8 Å². The van der Waals surface area contributed by atoms with Crippen LogP contribution < -0.4 is 10.1 Å². The third-order valence-corrected chi connectivity index (χ3v) is 5.21. The fraction of sp³-hybridized carbons (Fsp3) is 0.105. The van der Waals surface area contributed by atoms with Crippen LogP contribution in [0.2, 0.25) is 5.02 Å². The van der Waals surface area contributed by atoms with E-state index in [-0.39, 0.29) is 5.91 Å². The number of benzene rings is 2. The van der Waals surface area contributed by atoms with Crippen LogP contribution in [0.5, 0.6) is 5.75 Å². The number of hydrogen-bond donors (Lipinski definition) is 1. The molecule has 1 heterocycles. The van der Waals surface area contributed by atoms with E-state index in [9.17, 15) is 4.79 Å². The van der Waals surface area contributed by atoms with Crippen LogP contribution in [0.4, 0.5) is 5.69 Å². The first-order valence-corrected chi connectivity index (χ1v) is 8.58. The normalized spacial score (nSPS) is 11.1. The molecule has 1 N–H and O–H groups in total. The molecule has 0 saturated heterocycles. The molecule has 0 atom stereocenters. The molecule has 122 valence electrons. The van der Waals surface area contributed by atoms with Gasteiger partial charge in [0.2, 0.25) is 5.91 Å². The van der Waals surface area contributed by atoms with Crippen LogP contribution in [-0.4, -0.2) is 13.0 Å². The second kappa shape index (κ2) is 7.07. The van der Waals surface area contributed by atoms with Gasteiger partial charge in [0.05, 0.1) is 17.8 Å². The van der Waals surface area contributed by atoms with Crippen molar-refractivity contribution in [2.75, 3.05) is 12.4 Å². The summed E-state index contributed by atoms with van der Waals surface area (Å²) in [5.74, 6) is 0.398.